The highest BCUT2D eigenvalue weighted by molar-refractivity contribution is 7.75. The van der Waals surface area contributed by atoms with Gasteiger partial charge in [0, 0.05) is 26.4 Å². The van der Waals surface area contributed by atoms with Gasteiger partial charge in [-0.2, -0.15) is 5.48 Å². The third kappa shape index (κ3) is 13.1. The summed E-state index contributed by atoms with van der Waals surface area (Å²) in [7, 11) is 1.61. The van der Waals surface area contributed by atoms with Crippen LogP contribution in [-0.2, 0) is 25.0 Å². The number of benzene rings is 1. The normalized spacial score (nSPS) is 11.0. The summed E-state index contributed by atoms with van der Waals surface area (Å²) in [4.78, 5) is 4.85. The summed E-state index contributed by atoms with van der Waals surface area (Å²) in [6.45, 7) is 4.71. The molecule has 0 atom stereocenters. The van der Waals surface area contributed by atoms with E-state index in [0.29, 0.717) is 26.4 Å². The largest absolute Gasteiger partial charge is 0.494 e. The van der Waals surface area contributed by atoms with Gasteiger partial charge >= 0.3 is 0 Å². The smallest absolute Gasteiger partial charge is 0.119 e. The van der Waals surface area contributed by atoms with Gasteiger partial charge in [-0.05, 0) is 56.3 Å². The SMILES string of the molecule is CONCc1cccc(OCCCCCOCCCOCCOS)c1. The van der Waals surface area contributed by atoms with E-state index >= 15 is 0 Å². The van der Waals surface area contributed by atoms with Crippen molar-refractivity contribution in [2.24, 2.45) is 0 Å². The van der Waals surface area contributed by atoms with Crippen LogP contribution in [0.3, 0.4) is 0 Å². The molecule has 0 radical (unpaired) electrons. The molecule has 0 amide bonds. The molecule has 0 heterocycles. The fourth-order valence-corrected chi connectivity index (χ4v) is 2.21. The van der Waals surface area contributed by atoms with Crippen LogP contribution in [0.4, 0.5) is 0 Å². The highest BCUT2D eigenvalue weighted by Crippen LogP contribution is 2.14. The van der Waals surface area contributed by atoms with Gasteiger partial charge in [0.1, 0.15) is 5.75 Å². The summed E-state index contributed by atoms with van der Waals surface area (Å²) in [5.74, 6) is 0.898. The van der Waals surface area contributed by atoms with Crippen LogP contribution >= 0.6 is 12.9 Å². The molecule has 0 spiro atoms. The molecule has 6 nitrogen and oxygen atoms in total. The second-order valence-electron chi connectivity index (χ2n) is 5.49. The van der Waals surface area contributed by atoms with Crippen LogP contribution in [0.5, 0.6) is 5.75 Å². The van der Waals surface area contributed by atoms with E-state index in [1.165, 1.54) is 0 Å². The van der Waals surface area contributed by atoms with Crippen LogP contribution in [0.25, 0.3) is 0 Å². The van der Waals surface area contributed by atoms with Crippen molar-refractivity contribution in [2.45, 2.75) is 32.2 Å². The Kier molecular flexibility index (Phi) is 14.8. The molecule has 0 bridgehead atoms. The molecule has 1 aromatic rings. The molecular weight excluding hydrogens is 342 g/mol. The zero-order chi connectivity index (χ0) is 18.0. The summed E-state index contributed by atoms with van der Waals surface area (Å²) in [6.07, 6.45) is 4.08. The van der Waals surface area contributed by atoms with Crippen LogP contribution < -0.4 is 10.2 Å². The maximum atomic E-state index is 5.78. The second-order valence-corrected chi connectivity index (χ2v) is 5.75. The third-order valence-electron chi connectivity index (χ3n) is 3.42. The molecular formula is C18H31NO5S. The van der Waals surface area contributed by atoms with E-state index in [1.54, 1.807) is 7.11 Å². The fourth-order valence-electron chi connectivity index (χ4n) is 2.14. The van der Waals surface area contributed by atoms with E-state index in [0.717, 1.165) is 56.8 Å². The lowest BCUT2D eigenvalue weighted by molar-refractivity contribution is 0.0703. The van der Waals surface area contributed by atoms with E-state index in [4.69, 9.17) is 19.0 Å². The van der Waals surface area contributed by atoms with Crippen LogP contribution in [0, 0.1) is 0 Å². The van der Waals surface area contributed by atoms with Crippen molar-refractivity contribution in [1.82, 2.24) is 5.48 Å². The third-order valence-corrected chi connectivity index (χ3v) is 3.60. The minimum atomic E-state index is 0.514. The minimum Gasteiger partial charge on any atom is -0.494 e. The molecule has 0 fully saturated rings. The van der Waals surface area contributed by atoms with Gasteiger partial charge in [-0.1, -0.05) is 12.1 Å². The zero-order valence-electron chi connectivity index (χ0n) is 15.1. The van der Waals surface area contributed by atoms with Gasteiger partial charge < -0.3 is 23.2 Å². The first-order valence-electron chi connectivity index (χ1n) is 8.76. The second kappa shape index (κ2) is 16.6. The van der Waals surface area contributed by atoms with Gasteiger partial charge in [-0.15, -0.1) is 0 Å². The number of rotatable bonds is 17. The average molecular weight is 374 g/mol. The van der Waals surface area contributed by atoms with Gasteiger partial charge in [0.2, 0.25) is 0 Å². The number of unbranched alkanes of at least 4 members (excludes halogenated alkanes) is 2. The molecule has 1 rings (SSSR count). The van der Waals surface area contributed by atoms with Crippen LogP contribution in [-0.4, -0.2) is 46.8 Å². The van der Waals surface area contributed by atoms with Crippen molar-refractivity contribution in [1.29, 1.82) is 0 Å². The van der Waals surface area contributed by atoms with E-state index < -0.39 is 0 Å². The number of nitrogens with one attached hydrogen (secondary N) is 1. The van der Waals surface area contributed by atoms with Crippen molar-refractivity contribution in [3.8, 4) is 5.75 Å². The Balaban J connectivity index is 1.90. The maximum absolute atomic E-state index is 5.78. The Labute approximate surface area is 156 Å². The van der Waals surface area contributed by atoms with E-state index in [1.807, 2.05) is 24.3 Å². The number of ether oxygens (including phenoxy) is 3. The van der Waals surface area contributed by atoms with Gasteiger partial charge in [0.25, 0.3) is 0 Å². The van der Waals surface area contributed by atoms with Crippen molar-refractivity contribution >= 4 is 12.9 Å². The van der Waals surface area contributed by atoms with Crippen LogP contribution in [0.15, 0.2) is 24.3 Å². The molecule has 7 heteroatoms. The summed E-state index contributed by atoms with van der Waals surface area (Å²) in [5, 5.41) is 0. The number of hydrogen-bond donors (Lipinski definition) is 2. The highest BCUT2D eigenvalue weighted by atomic mass is 32.1. The standard InChI is InChI=1S/C18H31NO5S/c1-20-19-16-17-7-5-8-18(15-17)23-12-4-2-3-9-21-10-6-11-22-13-14-24-25/h5,7-8,15,19,25H,2-4,6,9-14,16H2,1H3. The van der Waals surface area contributed by atoms with Crippen molar-refractivity contribution in [2.75, 3.05) is 46.8 Å². The van der Waals surface area contributed by atoms with Crippen molar-refractivity contribution in [3.05, 3.63) is 29.8 Å². The number of thiol groups is 1. The molecule has 0 aliphatic rings. The average Bonchev–Trinajstić information content (AvgIpc) is 2.64. The van der Waals surface area contributed by atoms with E-state index in [2.05, 4.69) is 22.6 Å². The molecule has 144 valence electrons. The first-order chi connectivity index (χ1) is 12.4. The lowest BCUT2D eigenvalue weighted by Crippen LogP contribution is -2.10. The zero-order valence-corrected chi connectivity index (χ0v) is 16.0. The Morgan fingerprint density at radius 1 is 0.880 bits per heavy atom. The lowest BCUT2D eigenvalue weighted by Gasteiger charge is -2.09. The Hall–Kier alpha value is -0.830. The maximum Gasteiger partial charge on any atom is 0.119 e. The Bertz CT molecular complexity index is 422. The monoisotopic (exact) mass is 373 g/mol. The molecule has 1 N–H and O–H groups in total. The molecule has 1 aromatic carbocycles. The topological polar surface area (TPSA) is 58.2 Å². The van der Waals surface area contributed by atoms with Crippen LogP contribution in [0.1, 0.15) is 31.2 Å². The van der Waals surface area contributed by atoms with Gasteiger partial charge in [0.15, 0.2) is 0 Å². The lowest BCUT2D eigenvalue weighted by atomic mass is 10.2. The quantitative estimate of drug-likeness (QED) is 0.189. The van der Waals surface area contributed by atoms with Crippen molar-refractivity contribution < 1.29 is 23.2 Å². The van der Waals surface area contributed by atoms with Gasteiger partial charge in [0.05, 0.1) is 26.9 Å². The highest BCUT2D eigenvalue weighted by Gasteiger charge is 1.98. The molecule has 0 aliphatic carbocycles. The van der Waals surface area contributed by atoms with E-state index in [-0.39, 0.29) is 0 Å². The van der Waals surface area contributed by atoms with E-state index in [9.17, 15) is 0 Å². The Morgan fingerprint density at radius 3 is 2.44 bits per heavy atom. The van der Waals surface area contributed by atoms with Crippen molar-refractivity contribution in [3.63, 3.8) is 0 Å². The fraction of sp³-hybridized carbons (Fsp3) is 0.667. The predicted molar refractivity (Wildman–Crippen MR) is 101 cm³/mol. The minimum absolute atomic E-state index is 0.514. The summed E-state index contributed by atoms with van der Waals surface area (Å²) >= 11 is 3.64. The molecule has 0 aliphatic heterocycles. The molecule has 0 saturated heterocycles. The number of hydrogen-bond acceptors (Lipinski definition) is 7. The van der Waals surface area contributed by atoms with Crippen LogP contribution in [0.2, 0.25) is 0 Å². The number of hydroxylamine groups is 1. The molecule has 0 unspecified atom stereocenters. The predicted octanol–water partition coefficient (Wildman–Crippen LogP) is 3.17. The molecule has 0 saturated carbocycles. The van der Waals surface area contributed by atoms with Gasteiger partial charge in [-0.3, -0.25) is 0 Å². The first-order valence-corrected chi connectivity index (χ1v) is 9.12. The Morgan fingerprint density at radius 2 is 1.64 bits per heavy atom. The summed E-state index contributed by atoms with van der Waals surface area (Å²) < 4.78 is 21.3. The molecule has 25 heavy (non-hydrogen) atoms. The summed E-state index contributed by atoms with van der Waals surface area (Å²) in [5.41, 5.74) is 3.96. The first kappa shape index (κ1) is 22.2. The van der Waals surface area contributed by atoms with Gasteiger partial charge in [-0.25, -0.2) is 0 Å². The molecule has 0 aromatic heterocycles. The summed E-state index contributed by atoms with van der Waals surface area (Å²) in [6, 6.07) is 8.03.